The van der Waals surface area contributed by atoms with Crippen LogP contribution in [-0.4, -0.2) is 0 Å². The van der Waals surface area contributed by atoms with Gasteiger partial charge in [0.05, 0.1) is 0 Å². The summed E-state index contributed by atoms with van der Waals surface area (Å²) in [7, 11) is 0. The fourth-order valence-electron chi connectivity index (χ4n) is 0.642. The fourth-order valence-corrected chi connectivity index (χ4v) is 0.642. The van der Waals surface area contributed by atoms with Gasteiger partial charge in [0.2, 0.25) is 0 Å². The third-order valence-corrected chi connectivity index (χ3v) is 1.11. The molecule has 0 aliphatic heterocycles. The Balaban J connectivity index is 0. The minimum absolute atomic E-state index is 0. The van der Waals surface area contributed by atoms with Crippen molar-refractivity contribution >= 4 is 0 Å². The Kier molecular flexibility index (Phi) is 11.6. The van der Waals surface area contributed by atoms with Crippen molar-refractivity contribution in [3.63, 3.8) is 0 Å². The molecule has 0 aliphatic carbocycles. The molecule has 1 radical (unpaired) electrons. The van der Waals surface area contributed by atoms with Crippen molar-refractivity contribution < 1.29 is 21.5 Å². The minimum Gasteiger partial charge on any atom is -0.748 e. The SMILES string of the molecule is F.[Co].[cH-]1[cH-][cH-][cH-][cH-]1.c1cc[cH-]c1. The maximum Gasteiger partial charge on any atom is 0 e. The molecule has 0 N–H and O–H groups in total. The van der Waals surface area contributed by atoms with Crippen LogP contribution in [0.1, 0.15) is 0 Å². The van der Waals surface area contributed by atoms with Crippen LogP contribution in [0.15, 0.2) is 60.7 Å². The molecule has 2 rings (SSSR count). The third kappa shape index (κ3) is 7.25. The summed E-state index contributed by atoms with van der Waals surface area (Å²) in [6, 6.07) is 20.0. The number of halogens is 1. The monoisotopic (exact) mass is 209 g/mol. The van der Waals surface area contributed by atoms with Crippen LogP contribution in [0.5, 0.6) is 0 Å². The molecule has 0 aromatic heterocycles. The van der Waals surface area contributed by atoms with Gasteiger partial charge in [-0.25, -0.2) is 12.1 Å². The van der Waals surface area contributed by atoms with Gasteiger partial charge in [-0.2, -0.15) is 18.2 Å². The Bertz CT molecular complexity index is 149. The molecule has 73 valence electrons. The van der Waals surface area contributed by atoms with Crippen LogP contribution in [0.2, 0.25) is 0 Å². The van der Waals surface area contributed by atoms with Gasteiger partial charge in [-0.05, 0) is 0 Å². The first kappa shape index (κ1) is 13.7. The Morgan fingerprint density at radius 3 is 1.17 bits per heavy atom. The second-order valence-corrected chi connectivity index (χ2v) is 1.92. The molecule has 0 saturated heterocycles. The van der Waals surface area contributed by atoms with Gasteiger partial charge >= 0.3 is 0 Å². The van der Waals surface area contributed by atoms with Gasteiger partial charge < -0.3 is 30.3 Å². The van der Waals surface area contributed by atoms with Crippen molar-refractivity contribution in [1.29, 1.82) is 0 Å². The van der Waals surface area contributed by atoms with Crippen LogP contribution in [0.25, 0.3) is 0 Å². The summed E-state index contributed by atoms with van der Waals surface area (Å²) >= 11 is 0. The van der Waals surface area contributed by atoms with Crippen molar-refractivity contribution in [2.24, 2.45) is 0 Å². The van der Waals surface area contributed by atoms with E-state index in [-0.39, 0.29) is 21.5 Å². The second-order valence-electron chi connectivity index (χ2n) is 1.92. The first-order valence-corrected chi connectivity index (χ1v) is 3.33. The normalized spacial score (nSPS) is 6.67. The summed E-state index contributed by atoms with van der Waals surface area (Å²) in [4.78, 5) is 0. The molecule has 12 heavy (non-hydrogen) atoms. The molecule has 2 aromatic rings. The minimum atomic E-state index is 0. The van der Waals surface area contributed by atoms with Crippen LogP contribution in [-0.2, 0) is 16.8 Å². The molecule has 0 nitrogen and oxygen atoms in total. The van der Waals surface area contributed by atoms with E-state index >= 15 is 0 Å². The summed E-state index contributed by atoms with van der Waals surface area (Å²) in [5, 5.41) is 0. The smallest absolute Gasteiger partial charge is 0 e. The summed E-state index contributed by atoms with van der Waals surface area (Å²) in [6.45, 7) is 0. The predicted octanol–water partition coefficient (Wildman–Crippen LogP) is 2.96. The third-order valence-electron chi connectivity index (χ3n) is 1.11. The van der Waals surface area contributed by atoms with Crippen molar-refractivity contribution in [3.8, 4) is 0 Å². The predicted molar refractivity (Wildman–Crippen MR) is 46.6 cm³/mol. The molecule has 0 unspecified atom stereocenters. The van der Waals surface area contributed by atoms with E-state index in [1.54, 1.807) is 0 Å². The maximum atomic E-state index is 2.00. The van der Waals surface area contributed by atoms with E-state index in [2.05, 4.69) is 0 Å². The Hall–Kier alpha value is -0.864. The van der Waals surface area contributed by atoms with Crippen LogP contribution >= 0.6 is 0 Å². The molecule has 0 saturated carbocycles. The summed E-state index contributed by atoms with van der Waals surface area (Å²) in [6.07, 6.45) is 0. The molecule has 0 spiro atoms. The molecule has 2 heteroatoms. The van der Waals surface area contributed by atoms with E-state index < -0.39 is 0 Å². The zero-order valence-electron chi connectivity index (χ0n) is 6.52. The van der Waals surface area contributed by atoms with E-state index in [1.807, 2.05) is 60.7 Å². The van der Waals surface area contributed by atoms with Gasteiger partial charge in [-0.3, -0.25) is 4.70 Å². The van der Waals surface area contributed by atoms with E-state index in [9.17, 15) is 0 Å². The molecular weight excluding hydrogens is 198 g/mol. The van der Waals surface area contributed by atoms with Crippen LogP contribution in [0.4, 0.5) is 4.70 Å². The first-order chi connectivity index (χ1) is 5.00. The fraction of sp³-hybridized carbons (Fsp3) is 0. The van der Waals surface area contributed by atoms with Crippen molar-refractivity contribution in [1.82, 2.24) is 0 Å². The zero-order valence-corrected chi connectivity index (χ0v) is 7.56. The summed E-state index contributed by atoms with van der Waals surface area (Å²) in [5.41, 5.74) is 0. The van der Waals surface area contributed by atoms with Gasteiger partial charge in [0, 0.05) is 16.8 Å². The average molecular weight is 209 g/mol. The van der Waals surface area contributed by atoms with Gasteiger partial charge in [0.25, 0.3) is 0 Å². The maximum absolute atomic E-state index is 2.00. The van der Waals surface area contributed by atoms with Gasteiger partial charge in [-0.15, -0.1) is 0 Å². The molecule has 0 aliphatic rings. The number of hydrogen-bond donors (Lipinski definition) is 0. The molecule has 0 bridgehead atoms. The van der Waals surface area contributed by atoms with Crippen LogP contribution in [0, 0.1) is 0 Å². The van der Waals surface area contributed by atoms with Crippen molar-refractivity contribution in [2.45, 2.75) is 0 Å². The van der Waals surface area contributed by atoms with Gasteiger partial charge in [0.15, 0.2) is 0 Å². The van der Waals surface area contributed by atoms with Crippen LogP contribution < -0.4 is 0 Å². The summed E-state index contributed by atoms with van der Waals surface area (Å²) in [5.74, 6) is 0. The van der Waals surface area contributed by atoms with E-state index in [0.717, 1.165) is 0 Å². The van der Waals surface area contributed by atoms with Gasteiger partial charge in [-0.1, -0.05) is 0 Å². The molecule has 0 fully saturated rings. The average Bonchev–Trinajstić information content (AvgIpc) is 2.67. The first-order valence-electron chi connectivity index (χ1n) is 3.33. The second kappa shape index (κ2) is 10.1. The standard InChI is InChI=1S/2C5H5.Co.FH/c2*1-2-4-5-3-1;;/h2*1-5H;;1H/q-5;-1;;. The van der Waals surface area contributed by atoms with Crippen molar-refractivity contribution in [2.75, 3.05) is 0 Å². The zero-order chi connectivity index (χ0) is 7.07. The Morgan fingerprint density at radius 2 is 1.00 bits per heavy atom. The van der Waals surface area contributed by atoms with E-state index in [1.165, 1.54) is 0 Å². The molecule has 0 atom stereocenters. The van der Waals surface area contributed by atoms with Gasteiger partial charge in [0.1, 0.15) is 0 Å². The Morgan fingerprint density at radius 1 is 0.667 bits per heavy atom. The largest absolute Gasteiger partial charge is 0.748 e. The van der Waals surface area contributed by atoms with Crippen LogP contribution in [0.3, 0.4) is 0 Å². The number of hydrogen-bond acceptors (Lipinski definition) is 0. The molecular formula is C10H11CoF-6. The Labute approximate surface area is 82.5 Å². The van der Waals surface area contributed by atoms with E-state index in [4.69, 9.17) is 0 Å². The molecule has 0 heterocycles. The quantitative estimate of drug-likeness (QED) is 0.585. The van der Waals surface area contributed by atoms with Crippen molar-refractivity contribution in [3.05, 3.63) is 60.7 Å². The topological polar surface area (TPSA) is 0 Å². The molecule has 0 amide bonds. The number of rotatable bonds is 0. The van der Waals surface area contributed by atoms with E-state index in [0.29, 0.717) is 0 Å². The summed E-state index contributed by atoms with van der Waals surface area (Å²) < 4.78 is 0. The molecule has 2 aromatic carbocycles.